The molecule has 4 rings (SSSR count). The second-order valence-corrected chi connectivity index (χ2v) is 6.49. The fraction of sp³-hybridized carbons (Fsp3) is 0.438. The summed E-state index contributed by atoms with van der Waals surface area (Å²) in [4.78, 5) is 30.1. The van der Waals surface area contributed by atoms with Crippen molar-refractivity contribution in [2.24, 2.45) is 5.92 Å². The zero-order valence-corrected chi connectivity index (χ0v) is 12.7. The molecule has 2 bridgehead atoms. The summed E-state index contributed by atoms with van der Waals surface area (Å²) >= 11 is 0. The van der Waals surface area contributed by atoms with Crippen molar-refractivity contribution < 1.29 is 27.9 Å². The molecule has 3 amide bonds. The third-order valence-corrected chi connectivity index (χ3v) is 5.19. The Kier molecular flexibility index (Phi) is 3.15. The molecule has 1 aromatic carbocycles. The highest BCUT2D eigenvalue weighted by Gasteiger charge is 2.62. The average Bonchev–Trinajstić information content (AvgIpc) is 3.17. The standard InChI is InChI=1S/C16H12F3N3O3/c1-20-10-3-2-8(6-9(10)16(17,18)19)21-14(24)13-7-4-11(12(23)5-7)22(13)15(21)25/h2-3,6-7,11-13,23H,4-5H2/t7?,11?,12-,13-/m1/s1. The molecule has 2 heterocycles. The number of aliphatic hydroxyl groups is 1. The van der Waals surface area contributed by atoms with Gasteiger partial charge in [0.05, 0.1) is 30.0 Å². The van der Waals surface area contributed by atoms with E-state index in [0.717, 1.165) is 11.0 Å². The molecule has 0 radical (unpaired) electrons. The normalized spacial score (nSPS) is 30.8. The Labute approximate surface area is 140 Å². The van der Waals surface area contributed by atoms with Crippen LogP contribution in [0.1, 0.15) is 18.4 Å². The summed E-state index contributed by atoms with van der Waals surface area (Å²) in [5.41, 5.74) is -1.99. The monoisotopic (exact) mass is 351 g/mol. The first kappa shape index (κ1) is 15.9. The van der Waals surface area contributed by atoms with Crippen molar-refractivity contribution in [3.8, 4) is 0 Å². The van der Waals surface area contributed by atoms with Crippen LogP contribution < -0.4 is 4.90 Å². The van der Waals surface area contributed by atoms with Crippen molar-refractivity contribution >= 4 is 23.3 Å². The van der Waals surface area contributed by atoms with Crippen molar-refractivity contribution in [2.45, 2.75) is 37.2 Å². The minimum atomic E-state index is -4.77. The lowest BCUT2D eigenvalue weighted by Gasteiger charge is -2.29. The number of anilines is 1. The van der Waals surface area contributed by atoms with Gasteiger partial charge >= 0.3 is 12.2 Å². The summed E-state index contributed by atoms with van der Waals surface area (Å²) in [7, 11) is 0. The Balaban J connectivity index is 1.75. The molecule has 3 aliphatic rings. The summed E-state index contributed by atoms with van der Waals surface area (Å²) in [5.74, 6) is -0.751. The third-order valence-electron chi connectivity index (χ3n) is 5.19. The van der Waals surface area contributed by atoms with Gasteiger partial charge in [-0.3, -0.25) is 4.79 Å². The Bertz CT molecular complexity index is 832. The smallest absolute Gasteiger partial charge is 0.391 e. The summed E-state index contributed by atoms with van der Waals surface area (Å²) < 4.78 is 39.4. The van der Waals surface area contributed by atoms with Crippen molar-refractivity contribution in [2.75, 3.05) is 4.90 Å². The number of fused-ring (bicyclic) bond motifs is 5. The molecule has 0 spiro atoms. The van der Waals surface area contributed by atoms with Crippen LogP contribution in [0.15, 0.2) is 18.2 Å². The number of alkyl halides is 3. The lowest BCUT2D eigenvalue weighted by Crippen LogP contribution is -2.47. The van der Waals surface area contributed by atoms with E-state index in [1.54, 1.807) is 0 Å². The van der Waals surface area contributed by atoms with E-state index in [4.69, 9.17) is 6.57 Å². The predicted octanol–water partition coefficient (Wildman–Crippen LogP) is 2.55. The third kappa shape index (κ3) is 2.07. The highest BCUT2D eigenvalue weighted by atomic mass is 19.4. The summed E-state index contributed by atoms with van der Waals surface area (Å²) in [6.45, 7) is 6.85. The molecule has 9 heteroatoms. The van der Waals surface area contributed by atoms with Crippen LogP contribution in [-0.4, -0.2) is 40.1 Å². The molecule has 130 valence electrons. The van der Waals surface area contributed by atoms with Gasteiger partial charge in [-0.1, -0.05) is 6.07 Å². The van der Waals surface area contributed by atoms with Crippen LogP contribution in [-0.2, 0) is 11.0 Å². The largest absolute Gasteiger partial charge is 0.407 e. The van der Waals surface area contributed by atoms with Gasteiger partial charge in [-0.25, -0.2) is 14.5 Å². The molecule has 4 atom stereocenters. The molecular formula is C16H12F3N3O3. The maximum absolute atomic E-state index is 13.1. The molecule has 2 aliphatic heterocycles. The number of carbonyl (C=O) groups excluding carboxylic acids is 2. The molecule has 25 heavy (non-hydrogen) atoms. The fourth-order valence-electron chi connectivity index (χ4n) is 4.17. The van der Waals surface area contributed by atoms with Crippen molar-refractivity contribution in [3.05, 3.63) is 35.2 Å². The lowest BCUT2D eigenvalue weighted by atomic mass is 9.98. The molecule has 2 unspecified atom stereocenters. The molecular weight excluding hydrogens is 339 g/mol. The number of piperidine rings is 1. The quantitative estimate of drug-likeness (QED) is 0.625. The SMILES string of the molecule is [C-]#[N+]c1ccc(N2C(=O)[C@H]3C4CC([C@H](O)C4)N3C2=O)cc1C(F)(F)F. The first-order valence-electron chi connectivity index (χ1n) is 7.67. The molecule has 1 N–H and O–H groups in total. The number of carbonyl (C=O) groups is 2. The van der Waals surface area contributed by atoms with Gasteiger partial charge in [0.25, 0.3) is 5.91 Å². The minimum absolute atomic E-state index is 0.175. The minimum Gasteiger partial charge on any atom is -0.391 e. The number of hydrogen-bond donors (Lipinski definition) is 1. The van der Waals surface area contributed by atoms with Gasteiger partial charge in [-0.05, 0) is 30.9 Å². The van der Waals surface area contributed by atoms with Crippen molar-refractivity contribution in [3.63, 3.8) is 0 Å². The van der Waals surface area contributed by atoms with Crippen LogP contribution in [0.5, 0.6) is 0 Å². The topological polar surface area (TPSA) is 65.2 Å². The summed E-state index contributed by atoms with van der Waals surface area (Å²) in [6, 6.07) is 0.864. The summed E-state index contributed by atoms with van der Waals surface area (Å²) in [5, 5.41) is 9.94. The second kappa shape index (κ2) is 4.95. The Morgan fingerprint density at radius 2 is 1.96 bits per heavy atom. The van der Waals surface area contributed by atoms with Crippen LogP contribution in [0.3, 0.4) is 0 Å². The van der Waals surface area contributed by atoms with E-state index in [1.807, 2.05) is 0 Å². The fourth-order valence-corrected chi connectivity index (χ4v) is 4.17. The number of hydrogen-bond acceptors (Lipinski definition) is 3. The van der Waals surface area contributed by atoms with E-state index in [0.29, 0.717) is 18.9 Å². The van der Waals surface area contributed by atoms with Gasteiger partial charge in [0.2, 0.25) is 0 Å². The summed E-state index contributed by atoms with van der Waals surface area (Å²) in [6.07, 6.45) is -4.55. The van der Waals surface area contributed by atoms with E-state index in [1.165, 1.54) is 11.0 Å². The van der Waals surface area contributed by atoms with Gasteiger partial charge in [0.1, 0.15) is 6.04 Å². The lowest BCUT2D eigenvalue weighted by molar-refractivity contribution is -0.136. The van der Waals surface area contributed by atoms with E-state index < -0.39 is 47.6 Å². The molecule has 0 aromatic heterocycles. The van der Waals surface area contributed by atoms with E-state index in [-0.39, 0.29) is 11.6 Å². The Morgan fingerprint density at radius 1 is 1.24 bits per heavy atom. The molecule has 6 nitrogen and oxygen atoms in total. The molecule has 1 aromatic rings. The molecule has 1 saturated carbocycles. The maximum Gasteiger partial charge on any atom is 0.407 e. The number of urea groups is 1. The highest BCUT2D eigenvalue weighted by molar-refractivity contribution is 6.22. The average molecular weight is 351 g/mol. The van der Waals surface area contributed by atoms with Crippen LogP contribution in [0.25, 0.3) is 4.85 Å². The molecule has 3 fully saturated rings. The number of nitrogens with zero attached hydrogens (tertiary/aromatic N) is 3. The van der Waals surface area contributed by atoms with E-state index in [9.17, 15) is 27.9 Å². The maximum atomic E-state index is 13.1. The number of imide groups is 1. The van der Waals surface area contributed by atoms with Gasteiger partial charge in [-0.2, -0.15) is 13.2 Å². The Morgan fingerprint density at radius 3 is 2.60 bits per heavy atom. The number of amides is 3. The number of rotatable bonds is 1. The first-order valence-corrected chi connectivity index (χ1v) is 7.67. The van der Waals surface area contributed by atoms with Crippen LogP contribution in [0, 0.1) is 12.5 Å². The molecule has 1 aliphatic carbocycles. The van der Waals surface area contributed by atoms with Crippen molar-refractivity contribution in [1.29, 1.82) is 0 Å². The zero-order valence-electron chi connectivity index (χ0n) is 12.7. The number of aliphatic hydroxyl groups excluding tert-OH is 1. The van der Waals surface area contributed by atoms with Crippen molar-refractivity contribution in [1.82, 2.24) is 4.90 Å². The van der Waals surface area contributed by atoms with Crippen LogP contribution >= 0.6 is 0 Å². The van der Waals surface area contributed by atoms with Crippen LogP contribution in [0.2, 0.25) is 0 Å². The Hall–Kier alpha value is -2.60. The van der Waals surface area contributed by atoms with Gasteiger partial charge < -0.3 is 10.0 Å². The predicted molar refractivity (Wildman–Crippen MR) is 78.7 cm³/mol. The molecule has 2 saturated heterocycles. The zero-order chi connectivity index (χ0) is 18.1. The van der Waals surface area contributed by atoms with Crippen LogP contribution in [0.4, 0.5) is 29.3 Å². The van der Waals surface area contributed by atoms with E-state index in [2.05, 4.69) is 4.85 Å². The van der Waals surface area contributed by atoms with Gasteiger partial charge in [-0.15, -0.1) is 0 Å². The van der Waals surface area contributed by atoms with E-state index >= 15 is 0 Å². The number of benzene rings is 1. The van der Waals surface area contributed by atoms with Gasteiger partial charge in [0.15, 0.2) is 5.69 Å². The van der Waals surface area contributed by atoms with Gasteiger partial charge in [0, 0.05) is 0 Å². The second-order valence-electron chi connectivity index (χ2n) is 6.49. The first-order chi connectivity index (χ1) is 11.7. The highest BCUT2D eigenvalue weighted by Crippen LogP contribution is 2.48. The number of halogens is 3.